The number of carbonyl (C=O) groups excluding carboxylic acids is 2. The largest absolute Gasteiger partial charge is 0.494 e. The van der Waals surface area contributed by atoms with Crippen molar-refractivity contribution < 1.29 is 28.5 Å². The molecule has 0 spiro atoms. The summed E-state index contributed by atoms with van der Waals surface area (Å²) in [5, 5.41) is 2.69. The van der Waals surface area contributed by atoms with Crippen molar-refractivity contribution in [2.24, 2.45) is 0 Å². The van der Waals surface area contributed by atoms with Gasteiger partial charge >= 0.3 is 5.97 Å². The van der Waals surface area contributed by atoms with Crippen molar-refractivity contribution in [3.63, 3.8) is 0 Å². The van der Waals surface area contributed by atoms with Crippen molar-refractivity contribution in [3.8, 4) is 17.2 Å². The summed E-state index contributed by atoms with van der Waals surface area (Å²) in [6.45, 7) is 3.99. The molecular formula is C20H21NO6. The number of amides is 1. The normalized spacial score (nSPS) is 16.1. The molecule has 1 N–H and O–H groups in total. The van der Waals surface area contributed by atoms with Gasteiger partial charge in [-0.15, -0.1) is 0 Å². The maximum Gasteiger partial charge on any atom is 0.351 e. The number of hydrogen-bond donors (Lipinski definition) is 1. The molecule has 0 saturated carbocycles. The number of anilines is 1. The number of esters is 1. The quantitative estimate of drug-likeness (QED) is 0.786. The van der Waals surface area contributed by atoms with Crippen LogP contribution in [0.3, 0.4) is 0 Å². The van der Waals surface area contributed by atoms with Crippen LogP contribution < -0.4 is 19.5 Å². The summed E-state index contributed by atoms with van der Waals surface area (Å²) in [6.07, 6.45) is -1.90. The highest BCUT2D eigenvalue weighted by Crippen LogP contribution is 2.31. The molecule has 142 valence electrons. The number of hydrogen-bond acceptors (Lipinski definition) is 6. The molecule has 7 heteroatoms. The fourth-order valence-electron chi connectivity index (χ4n) is 2.48. The number of carbonyl (C=O) groups is 2. The minimum atomic E-state index is -0.982. The van der Waals surface area contributed by atoms with Crippen molar-refractivity contribution in [3.05, 3.63) is 48.5 Å². The maximum absolute atomic E-state index is 12.3. The lowest BCUT2D eigenvalue weighted by molar-refractivity contribution is -0.162. The van der Waals surface area contributed by atoms with Crippen molar-refractivity contribution in [2.75, 3.05) is 18.5 Å². The summed E-state index contributed by atoms with van der Waals surface area (Å²) in [6, 6.07) is 14.0. The SMILES string of the molecule is CCOc1ccc(NC(=O)[C@@H](C)OC(=O)[C@H]2COc3ccccc3O2)cc1. The van der Waals surface area contributed by atoms with Crippen molar-refractivity contribution >= 4 is 17.6 Å². The predicted molar refractivity (Wildman–Crippen MR) is 98.1 cm³/mol. The van der Waals surface area contributed by atoms with Crippen LogP contribution >= 0.6 is 0 Å². The molecule has 1 heterocycles. The molecule has 1 aliphatic rings. The summed E-state index contributed by atoms with van der Waals surface area (Å²) >= 11 is 0. The summed E-state index contributed by atoms with van der Waals surface area (Å²) in [5.74, 6) is 0.660. The Hall–Kier alpha value is -3.22. The van der Waals surface area contributed by atoms with Gasteiger partial charge in [-0.05, 0) is 50.2 Å². The van der Waals surface area contributed by atoms with Crippen LogP contribution in [0.2, 0.25) is 0 Å². The van der Waals surface area contributed by atoms with Crippen LogP contribution in [0.25, 0.3) is 0 Å². The summed E-state index contributed by atoms with van der Waals surface area (Å²) < 4.78 is 21.6. The van der Waals surface area contributed by atoms with Gasteiger partial charge in [0.25, 0.3) is 5.91 Å². The molecule has 2 atom stereocenters. The Morgan fingerprint density at radius 1 is 1.15 bits per heavy atom. The van der Waals surface area contributed by atoms with Crippen molar-refractivity contribution in [2.45, 2.75) is 26.1 Å². The van der Waals surface area contributed by atoms with Gasteiger partial charge in [0.2, 0.25) is 6.10 Å². The Morgan fingerprint density at radius 2 is 1.85 bits per heavy atom. The van der Waals surface area contributed by atoms with E-state index in [4.69, 9.17) is 18.9 Å². The van der Waals surface area contributed by atoms with E-state index in [9.17, 15) is 9.59 Å². The van der Waals surface area contributed by atoms with Crippen LogP contribution in [0.1, 0.15) is 13.8 Å². The van der Waals surface area contributed by atoms with E-state index in [1.807, 2.05) is 13.0 Å². The van der Waals surface area contributed by atoms with Crippen molar-refractivity contribution in [1.29, 1.82) is 0 Å². The molecule has 0 bridgehead atoms. The average Bonchev–Trinajstić information content (AvgIpc) is 2.69. The van der Waals surface area contributed by atoms with Crippen LogP contribution in [0.15, 0.2) is 48.5 Å². The standard InChI is InChI=1S/C20H21NO6/c1-3-24-15-10-8-14(9-11-15)21-19(22)13(2)26-20(23)18-12-25-16-6-4-5-7-17(16)27-18/h4-11,13,18H,3,12H2,1-2H3,(H,21,22)/t13-,18-/m1/s1. The molecule has 7 nitrogen and oxygen atoms in total. The smallest absolute Gasteiger partial charge is 0.351 e. The Bertz CT molecular complexity index is 804. The van der Waals surface area contributed by atoms with Gasteiger partial charge in [-0.3, -0.25) is 4.79 Å². The molecule has 27 heavy (non-hydrogen) atoms. The average molecular weight is 371 g/mol. The second-order valence-corrected chi connectivity index (χ2v) is 5.89. The van der Waals surface area contributed by atoms with Crippen LogP contribution in [-0.2, 0) is 14.3 Å². The Balaban J connectivity index is 1.52. The number of fused-ring (bicyclic) bond motifs is 1. The number of para-hydroxylation sites is 2. The number of ether oxygens (including phenoxy) is 4. The van der Waals surface area contributed by atoms with E-state index in [2.05, 4.69) is 5.32 Å². The zero-order chi connectivity index (χ0) is 19.2. The first-order valence-corrected chi connectivity index (χ1v) is 8.69. The molecule has 0 saturated heterocycles. The Kier molecular flexibility index (Phi) is 5.80. The molecule has 1 aliphatic heterocycles. The van der Waals surface area contributed by atoms with Crippen LogP contribution in [0.5, 0.6) is 17.2 Å². The summed E-state index contributed by atoms with van der Waals surface area (Å²) in [7, 11) is 0. The Morgan fingerprint density at radius 3 is 2.56 bits per heavy atom. The number of nitrogens with one attached hydrogen (secondary N) is 1. The molecule has 0 radical (unpaired) electrons. The van der Waals surface area contributed by atoms with Crippen LogP contribution in [0.4, 0.5) is 5.69 Å². The van der Waals surface area contributed by atoms with Gasteiger partial charge in [0, 0.05) is 5.69 Å². The maximum atomic E-state index is 12.3. The molecule has 0 aliphatic carbocycles. The molecule has 3 rings (SSSR count). The lowest BCUT2D eigenvalue weighted by atomic mass is 10.2. The number of benzene rings is 2. The van der Waals surface area contributed by atoms with Gasteiger partial charge in [-0.1, -0.05) is 12.1 Å². The Labute approximate surface area is 157 Å². The zero-order valence-electron chi connectivity index (χ0n) is 15.1. The zero-order valence-corrected chi connectivity index (χ0v) is 15.1. The van der Waals surface area contributed by atoms with E-state index in [0.29, 0.717) is 29.5 Å². The minimum Gasteiger partial charge on any atom is -0.494 e. The molecule has 2 aromatic rings. The van der Waals surface area contributed by atoms with Crippen molar-refractivity contribution in [1.82, 2.24) is 0 Å². The first-order valence-electron chi connectivity index (χ1n) is 8.69. The van der Waals surface area contributed by atoms with E-state index in [1.54, 1.807) is 42.5 Å². The van der Waals surface area contributed by atoms with E-state index >= 15 is 0 Å². The molecule has 0 fully saturated rings. The summed E-state index contributed by atoms with van der Waals surface area (Å²) in [4.78, 5) is 24.5. The third kappa shape index (κ3) is 4.69. The molecular weight excluding hydrogens is 350 g/mol. The summed E-state index contributed by atoms with van der Waals surface area (Å²) in [5.41, 5.74) is 0.581. The fraction of sp³-hybridized carbons (Fsp3) is 0.300. The third-order valence-electron chi connectivity index (χ3n) is 3.87. The van der Waals surface area contributed by atoms with Gasteiger partial charge in [0.05, 0.1) is 6.61 Å². The minimum absolute atomic E-state index is 0.0308. The highest BCUT2D eigenvalue weighted by atomic mass is 16.6. The van der Waals surface area contributed by atoms with Gasteiger partial charge in [-0.2, -0.15) is 0 Å². The second kappa shape index (κ2) is 8.44. The number of rotatable bonds is 6. The van der Waals surface area contributed by atoms with E-state index in [0.717, 1.165) is 0 Å². The third-order valence-corrected chi connectivity index (χ3v) is 3.87. The van der Waals surface area contributed by atoms with Gasteiger partial charge in [0.15, 0.2) is 17.6 Å². The van der Waals surface area contributed by atoms with E-state index in [-0.39, 0.29) is 6.61 Å². The van der Waals surface area contributed by atoms with E-state index in [1.165, 1.54) is 6.92 Å². The molecule has 0 aromatic heterocycles. The molecule has 2 aromatic carbocycles. The second-order valence-electron chi connectivity index (χ2n) is 5.89. The topological polar surface area (TPSA) is 83.1 Å². The molecule has 0 unspecified atom stereocenters. The first-order chi connectivity index (χ1) is 13.1. The lowest BCUT2D eigenvalue weighted by Crippen LogP contribution is -2.41. The van der Waals surface area contributed by atoms with Gasteiger partial charge in [0.1, 0.15) is 12.4 Å². The molecule has 1 amide bonds. The van der Waals surface area contributed by atoms with Crippen LogP contribution in [-0.4, -0.2) is 37.3 Å². The van der Waals surface area contributed by atoms with Gasteiger partial charge < -0.3 is 24.3 Å². The highest BCUT2D eigenvalue weighted by Gasteiger charge is 2.31. The van der Waals surface area contributed by atoms with Crippen LogP contribution in [0, 0.1) is 0 Å². The lowest BCUT2D eigenvalue weighted by Gasteiger charge is -2.25. The predicted octanol–water partition coefficient (Wildman–Crippen LogP) is 2.80. The fourth-order valence-corrected chi connectivity index (χ4v) is 2.48. The highest BCUT2D eigenvalue weighted by molar-refractivity contribution is 5.95. The van der Waals surface area contributed by atoms with Gasteiger partial charge in [-0.25, -0.2) is 4.79 Å². The first kappa shape index (κ1) is 18.6. The monoisotopic (exact) mass is 371 g/mol. The van der Waals surface area contributed by atoms with E-state index < -0.39 is 24.1 Å².